The Hall–Kier alpha value is -0.430. The van der Waals surface area contributed by atoms with Crippen LogP contribution in [0.1, 0.15) is 32.3 Å². The minimum absolute atomic E-state index is 0.146. The van der Waals surface area contributed by atoms with Gasteiger partial charge in [-0.1, -0.05) is 33.0 Å². The Labute approximate surface area is 111 Å². The maximum absolute atomic E-state index is 12.3. The summed E-state index contributed by atoms with van der Waals surface area (Å²) in [5.74, 6) is -0.157. The molecule has 0 atom stereocenters. The van der Waals surface area contributed by atoms with Crippen molar-refractivity contribution in [3.8, 4) is 0 Å². The number of nitrogens with one attached hydrogen (secondary N) is 1. The molecule has 0 aliphatic heterocycles. The fraction of sp³-hybridized carbons (Fsp3) is 0.600. The Morgan fingerprint density at radius 1 is 1.29 bits per heavy atom. The maximum Gasteiger partial charge on any atom is 0.396 e. The van der Waals surface area contributed by atoms with Gasteiger partial charge >= 0.3 is 6.18 Å². The van der Waals surface area contributed by atoms with E-state index in [9.17, 15) is 13.2 Å². The summed E-state index contributed by atoms with van der Waals surface area (Å²) < 4.78 is 37.6. The van der Waals surface area contributed by atoms with E-state index in [4.69, 9.17) is 12.2 Å². The first-order chi connectivity index (χ1) is 7.50. The Balaban J connectivity index is 3.30. The number of rotatable bonds is 1. The molecule has 2 nitrogen and oxygen atoms in total. The topological polar surface area (TPSA) is 28.7 Å². The molecule has 0 spiro atoms. The minimum Gasteiger partial charge on any atom is -0.345 e. The van der Waals surface area contributed by atoms with Crippen molar-refractivity contribution in [3.63, 3.8) is 0 Å². The molecule has 0 radical (unpaired) electrons. The van der Waals surface area contributed by atoms with Crippen molar-refractivity contribution in [2.45, 2.75) is 38.8 Å². The summed E-state index contributed by atoms with van der Waals surface area (Å²) in [6.45, 7) is 5.65. The first kappa shape index (κ1) is 14.6. The first-order valence-electron chi connectivity index (χ1n) is 4.86. The molecule has 7 heteroatoms. The molecule has 1 aromatic rings. The zero-order chi connectivity index (χ0) is 13.4. The van der Waals surface area contributed by atoms with Crippen LogP contribution < -0.4 is 0 Å². The van der Waals surface area contributed by atoms with Gasteiger partial charge in [-0.15, -0.1) is 0 Å². The van der Waals surface area contributed by atoms with Crippen molar-refractivity contribution in [1.29, 1.82) is 0 Å². The van der Waals surface area contributed by atoms with Crippen LogP contribution in [0.2, 0.25) is 0 Å². The molecule has 0 saturated carbocycles. The summed E-state index contributed by atoms with van der Waals surface area (Å²) in [7, 11) is 0. The van der Waals surface area contributed by atoms with Crippen LogP contribution in [0.15, 0.2) is 4.47 Å². The second kappa shape index (κ2) is 4.68. The molecule has 1 heterocycles. The molecule has 17 heavy (non-hydrogen) atoms. The second-order valence-corrected chi connectivity index (χ2v) is 5.90. The Morgan fingerprint density at radius 2 is 1.82 bits per heavy atom. The molecule has 1 aromatic heterocycles. The van der Waals surface area contributed by atoms with Gasteiger partial charge in [-0.2, -0.15) is 13.2 Å². The largest absolute Gasteiger partial charge is 0.396 e. The zero-order valence-electron chi connectivity index (χ0n) is 9.57. The van der Waals surface area contributed by atoms with Gasteiger partial charge in [-0.05, 0) is 15.9 Å². The number of nitrogens with zero attached hydrogens (tertiary/aromatic N) is 1. The summed E-state index contributed by atoms with van der Waals surface area (Å²) in [5, 5.41) is 0. The summed E-state index contributed by atoms with van der Waals surface area (Å²) in [4.78, 5) is 6.43. The highest BCUT2D eigenvalue weighted by Crippen LogP contribution is 2.29. The molecule has 0 unspecified atom stereocenters. The molecule has 1 N–H and O–H groups in total. The van der Waals surface area contributed by atoms with Crippen molar-refractivity contribution in [2.24, 2.45) is 0 Å². The van der Waals surface area contributed by atoms with Crippen LogP contribution >= 0.6 is 28.1 Å². The van der Waals surface area contributed by atoms with E-state index in [0.29, 0.717) is 10.2 Å². The molecule has 0 bridgehead atoms. The van der Waals surface area contributed by atoms with E-state index in [0.717, 1.165) is 0 Å². The van der Waals surface area contributed by atoms with Crippen molar-refractivity contribution < 1.29 is 13.2 Å². The lowest BCUT2D eigenvalue weighted by molar-refractivity contribution is -0.128. The molecular weight excluding hydrogens is 317 g/mol. The minimum atomic E-state index is -4.30. The fourth-order valence-corrected chi connectivity index (χ4v) is 2.29. The lowest BCUT2D eigenvalue weighted by Crippen LogP contribution is -2.20. The Bertz CT molecular complexity index is 474. The third-order valence-electron chi connectivity index (χ3n) is 2.03. The van der Waals surface area contributed by atoms with E-state index in [1.807, 2.05) is 20.8 Å². The third kappa shape index (κ3) is 4.06. The van der Waals surface area contributed by atoms with Gasteiger partial charge in [-0.25, -0.2) is 4.98 Å². The number of H-pyrrole nitrogens is 1. The van der Waals surface area contributed by atoms with Gasteiger partial charge < -0.3 is 4.98 Å². The second-order valence-electron chi connectivity index (χ2n) is 4.72. The molecule has 1 rings (SSSR count). The van der Waals surface area contributed by atoms with Gasteiger partial charge in [0.05, 0.1) is 4.47 Å². The monoisotopic (exact) mass is 328 g/mol. The highest BCUT2D eigenvalue weighted by molar-refractivity contribution is 9.10. The van der Waals surface area contributed by atoms with Gasteiger partial charge in [0, 0.05) is 11.1 Å². The van der Waals surface area contributed by atoms with Crippen LogP contribution in [0.25, 0.3) is 0 Å². The van der Waals surface area contributed by atoms with Crippen LogP contribution in [-0.2, 0) is 11.8 Å². The van der Waals surface area contributed by atoms with E-state index in [1.54, 1.807) is 0 Å². The lowest BCUT2D eigenvalue weighted by atomic mass is 9.92. The van der Waals surface area contributed by atoms with Crippen LogP contribution in [0, 0.1) is 4.64 Å². The summed E-state index contributed by atoms with van der Waals surface area (Å²) in [6, 6.07) is 0. The summed E-state index contributed by atoms with van der Waals surface area (Å²) in [6.07, 6.45) is -5.40. The number of aromatic nitrogens is 2. The predicted molar refractivity (Wildman–Crippen MR) is 65.6 cm³/mol. The van der Waals surface area contributed by atoms with Crippen LogP contribution in [0.4, 0.5) is 13.2 Å². The van der Waals surface area contributed by atoms with Gasteiger partial charge in [0.2, 0.25) is 0 Å². The average molecular weight is 329 g/mol. The molecule has 0 fully saturated rings. The maximum atomic E-state index is 12.3. The Morgan fingerprint density at radius 3 is 2.24 bits per heavy atom. The third-order valence-corrected chi connectivity index (χ3v) is 3.36. The van der Waals surface area contributed by atoms with Crippen LogP contribution in [0.5, 0.6) is 0 Å². The first-order valence-corrected chi connectivity index (χ1v) is 6.07. The van der Waals surface area contributed by atoms with Crippen molar-refractivity contribution in [2.75, 3.05) is 0 Å². The number of hydrogen-bond donors (Lipinski definition) is 1. The predicted octanol–water partition coefficient (Wildman–Crippen LogP) is 4.30. The SMILES string of the molecule is CC(C)(C)c1[nH]c(CC(F)(F)F)nc(=S)c1Br. The summed E-state index contributed by atoms with van der Waals surface area (Å²) in [5.41, 5.74) is 0.284. The van der Waals surface area contributed by atoms with E-state index in [1.165, 1.54) is 0 Å². The summed E-state index contributed by atoms with van der Waals surface area (Å²) >= 11 is 8.19. The number of halogens is 4. The number of hydrogen-bond acceptors (Lipinski definition) is 2. The molecule has 0 amide bonds. The highest BCUT2D eigenvalue weighted by Gasteiger charge is 2.30. The van der Waals surface area contributed by atoms with Crippen molar-refractivity contribution >= 4 is 28.1 Å². The van der Waals surface area contributed by atoms with E-state index in [-0.39, 0.29) is 15.9 Å². The van der Waals surface area contributed by atoms with Gasteiger partial charge in [-0.3, -0.25) is 0 Å². The molecule has 0 saturated heterocycles. The number of alkyl halides is 3. The van der Waals surface area contributed by atoms with E-state index >= 15 is 0 Å². The van der Waals surface area contributed by atoms with Gasteiger partial charge in [0.15, 0.2) is 0 Å². The molecule has 96 valence electrons. The smallest absolute Gasteiger partial charge is 0.345 e. The van der Waals surface area contributed by atoms with Crippen LogP contribution in [0.3, 0.4) is 0 Å². The molecular formula is C10H12BrF3N2S. The normalized spacial score (nSPS) is 12.9. The lowest BCUT2D eigenvalue weighted by Gasteiger charge is -2.21. The highest BCUT2D eigenvalue weighted by atomic mass is 79.9. The van der Waals surface area contributed by atoms with Crippen molar-refractivity contribution in [3.05, 3.63) is 20.6 Å². The molecule has 0 aromatic carbocycles. The molecule has 0 aliphatic carbocycles. The van der Waals surface area contributed by atoms with Gasteiger partial charge in [0.1, 0.15) is 16.9 Å². The standard InChI is InChI=1S/C10H12BrF3N2S/c1-9(2,3)7-6(11)8(17)16-5(15-7)4-10(12,13)14/h4H2,1-3H3,(H,15,16,17). The van der Waals surface area contributed by atoms with Crippen molar-refractivity contribution in [1.82, 2.24) is 9.97 Å². The van der Waals surface area contributed by atoms with E-state index < -0.39 is 12.6 Å². The molecule has 0 aliphatic rings. The zero-order valence-corrected chi connectivity index (χ0v) is 12.0. The average Bonchev–Trinajstić information content (AvgIpc) is 2.06. The van der Waals surface area contributed by atoms with Crippen LogP contribution in [-0.4, -0.2) is 16.1 Å². The van der Waals surface area contributed by atoms with Gasteiger partial charge in [0.25, 0.3) is 0 Å². The fourth-order valence-electron chi connectivity index (χ4n) is 1.30. The Kier molecular flexibility index (Phi) is 4.03. The number of aromatic amines is 1. The quantitative estimate of drug-likeness (QED) is 0.778. The van der Waals surface area contributed by atoms with E-state index in [2.05, 4.69) is 25.9 Å².